The Morgan fingerprint density at radius 1 is 1.19 bits per heavy atom. The van der Waals surface area contributed by atoms with Crippen LogP contribution in [0.2, 0.25) is 0 Å². The lowest BCUT2D eigenvalue weighted by Gasteiger charge is -2.25. The van der Waals surface area contributed by atoms with Crippen LogP contribution in [0.3, 0.4) is 0 Å². The van der Waals surface area contributed by atoms with E-state index < -0.39 is 11.9 Å². The summed E-state index contributed by atoms with van der Waals surface area (Å²) in [5.41, 5.74) is 5.07. The Hall–Kier alpha value is -2.31. The van der Waals surface area contributed by atoms with Crippen molar-refractivity contribution in [3.05, 3.63) is 23.7 Å². The van der Waals surface area contributed by atoms with Gasteiger partial charge in [-0.3, -0.25) is 14.4 Å². The van der Waals surface area contributed by atoms with Crippen LogP contribution in [0.4, 0.5) is 0 Å². The summed E-state index contributed by atoms with van der Waals surface area (Å²) in [4.78, 5) is 33.7. The average Bonchev–Trinajstić information content (AvgIpc) is 2.94. The molecule has 114 valence electrons. The highest BCUT2D eigenvalue weighted by Gasteiger charge is 2.29. The number of hydrogen-bond donors (Lipinski definition) is 3. The second kappa shape index (κ2) is 6.43. The summed E-state index contributed by atoms with van der Waals surface area (Å²) in [6, 6.07) is 3.05. The van der Waals surface area contributed by atoms with Crippen LogP contribution >= 0.6 is 0 Å². The lowest BCUT2D eigenvalue weighted by molar-refractivity contribution is -0.144. The van der Waals surface area contributed by atoms with Crippen molar-refractivity contribution >= 4 is 17.8 Å². The molecule has 2 rings (SSSR count). The number of nitrogens with two attached hydrogens (primary N) is 1. The number of carbonyl (C=O) groups excluding carboxylic acids is 2. The van der Waals surface area contributed by atoms with Crippen molar-refractivity contribution < 1.29 is 23.9 Å². The fourth-order valence-electron chi connectivity index (χ4n) is 2.53. The van der Waals surface area contributed by atoms with Crippen LogP contribution in [0, 0.1) is 11.8 Å². The molecule has 0 radical (unpaired) electrons. The van der Waals surface area contributed by atoms with Crippen molar-refractivity contribution in [3.63, 3.8) is 0 Å². The molecule has 0 unspecified atom stereocenters. The van der Waals surface area contributed by atoms with Crippen molar-refractivity contribution in [2.45, 2.75) is 32.2 Å². The van der Waals surface area contributed by atoms with E-state index in [1.54, 1.807) is 6.07 Å². The highest BCUT2D eigenvalue weighted by Crippen LogP contribution is 2.29. The van der Waals surface area contributed by atoms with E-state index in [0.717, 1.165) is 0 Å². The predicted molar refractivity (Wildman–Crippen MR) is 72.2 cm³/mol. The summed E-state index contributed by atoms with van der Waals surface area (Å²) < 4.78 is 5.16. The Labute approximate surface area is 121 Å². The summed E-state index contributed by atoms with van der Waals surface area (Å²) in [6.45, 7) is 0.185. The first kappa shape index (κ1) is 15.1. The van der Waals surface area contributed by atoms with E-state index in [4.69, 9.17) is 15.3 Å². The van der Waals surface area contributed by atoms with Gasteiger partial charge in [0.05, 0.1) is 12.5 Å². The van der Waals surface area contributed by atoms with Gasteiger partial charge in [-0.05, 0) is 37.8 Å². The maximum absolute atomic E-state index is 12.0. The number of primary amides is 1. The minimum atomic E-state index is -0.788. The first-order valence-electron chi connectivity index (χ1n) is 6.86. The fourth-order valence-corrected chi connectivity index (χ4v) is 2.53. The van der Waals surface area contributed by atoms with Gasteiger partial charge in [-0.2, -0.15) is 0 Å². The Morgan fingerprint density at radius 3 is 2.33 bits per heavy atom. The van der Waals surface area contributed by atoms with Gasteiger partial charge in [-0.1, -0.05) is 0 Å². The number of aliphatic carboxylic acids is 1. The zero-order valence-corrected chi connectivity index (χ0v) is 11.5. The van der Waals surface area contributed by atoms with Gasteiger partial charge in [-0.25, -0.2) is 0 Å². The van der Waals surface area contributed by atoms with Gasteiger partial charge in [0.2, 0.25) is 5.91 Å². The molecule has 21 heavy (non-hydrogen) atoms. The molecule has 0 saturated heterocycles. The van der Waals surface area contributed by atoms with E-state index >= 15 is 0 Å². The van der Waals surface area contributed by atoms with Crippen molar-refractivity contribution in [1.29, 1.82) is 0 Å². The molecule has 7 heteroatoms. The molecular weight excluding hydrogens is 276 g/mol. The van der Waals surface area contributed by atoms with Gasteiger partial charge in [-0.15, -0.1) is 0 Å². The number of carboxylic acids is 1. The molecule has 1 saturated carbocycles. The van der Waals surface area contributed by atoms with E-state index in [-0.39, 0.29) is 30.0 Å². The molecule has 1 fully saturated rings. The van der Waals surface area contributed by atoms with Crippen LogP contribution in [0.5, 0.6) is 0 Å². The van der Waals surface area contributed by atoms with Crippen LogP contribution in [0.1, 0.15) is 42.0 Å². The third-order valence-corrected chi connectivity index (χ3v) is 3.79. The van der Waals surface area contributed by atoms with Crippen molar-refractivity contribution in [2.75, 3.05) is 0 Å². The highest BCUT2D eigenvalue weighted by atomic mass is 16.4. The molecule has 0 aliphatic heterocycles. The van der Waals surface area contributed by atoms with Crippen LogP contribution in [0.25, 0.3) is 0 Å². The van der Waals surface area contributed by atoms with Gasteiger partial charge in [0.15, 0.2) is 5.76 Å². The zero-order valence-electron chi connectivity index (χ0n) is 11.5. The number of carbonyl (C=O) groups is 3. The maximum atomic E-state index is 12.0. The Bertz CT molecular complexity index is 543. The molecule has 7 nitrogen and oxygen atoms in total. The normalized spacial score (nSPS) is 21.7. The smallest absolute Gasteiger partial charge is 0.306 e. The van der Waals surface area contributed by atoms with Crippen molar-refractivity contribution in [3.8, 4) is 0 Å². The van der Waals surface area contributed by atoms with E-state index in [9.17, 15) is 14.4 Å². The first-order chi connectivity index (χ1) is 9.97. The van der Waals surface area contributed by atoms with Crippen LogP contribution < -0.4 is 11.1 Å². The first-order valence-corrected chi connectivity index (χ1v) is 6.86. The molecule has 0 atom stereocenters. The average molecular weight is 294 g/mol. The monoisotopic (exact) mass is 294 g/mol. The Balaban J connectivity index is 1.79. The van der Waals surface area contributed by atoms with Crippen molar-refractivity contribution in [1.82, 2.24) is 5.32 Å². The molecule has 1 aromatic heterocycles. The summed E-state index contributed by atoms with van der Waals surface area (Å²) in [6.07, 6.45) is 2.21. The van der Waals surface area contributed by atoms with Crippen molar-refractivity contribution in [2.24, 2.45) is 17.6 Å². The topological polar surface area (TPSA) is 123 Å². The lowest BCUT2D eigenvalue weighted by Crippen LogP contribution is -2.34. The van der Waals surface area contributed by atoms with Gasteiger partial charge in [0, 0.05) is 5.92 Å². The quantitative estimate of drug-likeness (QED) is 0.744. The molecule has 1 heterocycles. The summed E-state index contributed by atoms with van der Waals surface area (Å²) in [7, 11) is 0. The number of carboxylic acid groups (broad SMARTS) is 1. The van der Waals surface area contributed by atoms with Crippen LogP contribution in [-0.2, 0) is 16.1 Å². The number of hydrogen-bond acceptors (Lipinski definition) is 4. The van der Waals surface area contributed by atoms with E-state index in [1.165, 1.54) is 6.07 Å². The SMILES string of the molecule is NC(=O)c1ccc(CNC(=O)C2CCC(C(=O)O)CC2)o1. The number of nitrogens with one attached hydrogen (secondary N) is 1. The van der Waals surface area contributed by atoms with Gasteiger partial charge in [0.25, 0.3) is 5.91 Å². The Morgan fingerprint density at radius 2 is 1.81 bits per heavy atom. The predicted octanol–water partition coefficient (Wildman–Crippen LogP) is 0.886. The second-order valence-corrected chi connectivity index (χ2v) is 5.23. The molecule has 1 aliphatic carbocycles. The van der Waals surface area contributed by atoms with Crippen LogP contribution in [0.15, 0.2) is 16.5 Å². The van der Waals surface area contributed by atoms with E-state index in [0.29, 0.717) is 31.4 Å². The number of furan rings is 1. The standard InChI is InChI=1S/C14H18N2O5/c15-12(17)11-6-5-10(21-11)7-16-13(18)8-1-3-9(4-2-8)14(19)20/h5-6,8-9H,1-4,7H2,(H2,15,17)(H,16,18)(H,19,20). The molecule has 1 aliphatic rings. The fraction of sp³-hybridized carbons (Fsp3) is 0.500. The largest absolute Gasteiger partial charge is 0.481 e. The van der Waals surface area contributed by atoms with Crippen LogP contribution in [-0.4, -0.2) is 22.9 Å². The third kappa shape index (κ3) is 3.84. The molecular formula is C14H18N2O5. The van der Waals surface area contributed by atoms with Gasteiger partial charge >= 0.3 is 5.97 Å². The molecule has 0 aromatic carbocycles. The lowest BCUT2D eigenvalue weighted by atomic mass is 9.81. The Kier molecular flexibility index (Phi) is 4.62. The highest BCUT2D eigenvalue weighted by molar-refractivity contribution is 5.89. The zero-order chi connectivity index (χ0) is 15.4. The maximum Gasteiger partial charge on any atom is 0.306 e. The minimum Gasteiger partial charge on any atom is -0.481 e. The summed E-state index contributed by atoms with van der Waals surface area (Å²) in [5.74, 6) is -1.54. The number of rotatable bonds is 5. The third-order valence-electron chi connectivity index (χ3n) is 3.79. The number of amides is 2. The summed E-state index contributed by atoms with van der Waals surface area (Å²) in [5, 5.41) is 11.6. The molecule has 4 N–H and O–H groups in total. The van der Waals surface area contributed by atoms with E-state index in [1.807, 2.05) is 0 Å². The minimum absolute atomic E-state index is 0.0567. The van der Waals surface area contributed by atoms with Gasteiger partial charge < -0.3 is 20.6 Å². The summed E-state index contributed by atoms with van der Waals surface area (Å²) >= 11 is 0. The van der Waals surface area contributed by atoms with E-state index in [2.05, 4.69) is 5.32 Å². The molecule has 0 bridgehead atoms. The molecule has 1 aromatic rings. The molecule has 0 spiro atoms. The molecule has 2 amide bonds. The second-order valence-electron chi connectivity index (χ2n) is 5.23. The van der Waals surface area contributed by atoms with Gasteiger partial charge in [0.1, 0.15) is 5.76 Å².